The molecule has 1 aromatic heterocycles. The number of carbonyl (C=O) groups is 4. The summed E-state index contributed by atoms with van der Waals surface area (Å²) in [6, 6.07) is 23.9. The van der Waals surface area contributed by atoms with Crippen LogP contribution in [0.2, 0.25) is 0 Å². The summed E-state index contributed by atoms with van der Waals surface area (Å²) < 4.78 is 26.3. The van der Waals surface area contributed by atoms with Crippen LogP contribution in [0.5, 0.6) is 0 Å². The predicted molar refractivity (Wildman–Crippen MR) is 238 cm³/mol. The number of ether oxygens (including phenoxy) is 2. The minimum Gasteiger partial charge on any atom is -0.449 e. The Bertz CT molecular complexity index is 2430. The maximum atomic E-state index is 15.1. The lowest BCUT2D eigenvalue weighted by Crippen LogP contribution is -2.57. The summed E-state index contributed by atoms with van der Waals surface area (Å²) in [6.07, 6.45) is 3.54. The van der Waals surface area contributed by atoms with Crippen LogP contribution in [0, 0.1) is 11.7 Å². The standard InChI is InChI=1S/C49H54FN5O6S/c1-29(54(5)48(59)61-49(2,3)4)44(56)53-43(30-15-7-6-8-16-30)46(57)55-26-31(51-47(58)60-27-39-34-19-11-9-17-32(34)33-18-10-12-20-35(33)39)25-42(55)45-52-41(28-62-45)38-23-24-40(50)37-22-14-13-21-36(37)38/h9-14,17-24,28-31,39,42-43H,6-8,15-16,25-27H2,1-5H3,(H,51,58)(H,53,56)/t29-,31-,42-,43-/m0/s1. The fourth-order valence-corrected chi connectivity index (χ4v) is 10.2. The molecule has 1 saturated heterocycles. The predicted octanol–water partition coefficient (Wildman–Crippen LogP) is 9.60. The van der Waals surface area contributed by atoms with Crippen LogP contribution in [-0.4, -0.2) is 82.7 Å². The summed E-state index contributed by atoms with van der Waals surface area (Å²) in [7, 11) is 1.51. The van der Waals surface area contributed by atoms with Gasteiger partial charge in [-0.15, -0.1) is 11.3 Å². The maximum Gasteiger partial charge on any atom is 0.410 e. The molecule has 0 spiro atoms. The van der Waals surface area contributed by atoms with Crippen molar-refractivity contribution in [1.82, 2.24) is 25.4 Å². The SMILES string of the molecule is C[C@@H](C(=O)N[C@H](C(=O)N1C[C@@H](NC(=O)OCC2c3ccccc3-c3ccccc32)C[C@H]1c1nc(-c2ccc(F)c3ccccc23)cs1)C1CCCCC1)N(C)C(=O)OC(C)(C)C. The Hall–Kier alpha value is -5.82. The highest BCUT2D eigenvalue weighted by Gasteiger charge is 2.44. The number of amides is 4. The number of halogens is 1. The zero-order valence-electron chi connectivity index (χ0n) is 35.9. The first-order valence-electron chi connectivity index (χ1n) is 21.6. The number of alkyl carbamates (subject to hydrolysis) is 1. The molecule has 5 aromatic rings. The van der Waals surface area contributed by atoms with Crippen molar-refractivity contribution in [2.24, 2.45) is 5.92 Å². The van der Waals surface area contributed by atoms with Gasteiger partial charge >= 0.3 is 12.2 Å². The molecule has 2 N–H and O–H groups in total. The lowest BCUT2D eigenvalue weighted by molar-refractivity contribution is -0.140. The highest BCUT2D eigenvalue weighted by molar-refractivity contribution is 7.10. The normalized spacial score (nSPS) is 18.7. The molecule has 1 saturated carbocycles. The van der Waals surface area contributed by atoms with Gasteiger partial charge in [-0.3, -0.25) is 14.5 Å². The van der Waals surface area contributed by atoms with Gasteiger partial charge in [-0.25, -0.2) is 19.0 Å². The van der Waals surface area contributed by atoms with Crippen LogP contribution in [0.3, 0.4) is 0 Å². The molecule has 8 rings (SSSR count). The molecule has 3 aliphatic rings. The third-order valence-corrected chi connectivity index (χ3v) is 13.5. The quantitative estimate of drug-likeness (QED) is 0.143. The van der Waals surface area contributed by atoms with Gasteiger partial charge in [-0.05, 0) is 92.6 Å². The number of carbonyl (C=O) groups excluding carboxylic acids is 4. The van der Waals surface area contributed by atoms with Crippen LogP contribution >= 0.6 is 11.3 Å². The smallest absolute Gasteiger partial charge is 0.410 e. The van der Waals surface area contributed by atoms with Gasteiger partial charge in [-0.1, -0.05) is 92.1 Å². The Labute approximate surface area is 366 Å². The summed E-state index contributed by atoms with van der Waals surface area (Å²) >= 11 is 1.40. The maximum absolute atomic E-state index is 15.1. The van der Waals surface area contributed by atoms with Crippen LogP contribution in [0.25, 0.3) is 33.2 Å². The van der Waals surface area contributed by atoms with Crippen molar-refractivity contribution in [1.29, 1.82) is 0 Å². The van der Waals surface area contributed by atoms with E-state index in [9.17, 15) is 18.8 Å². The Morgan fingerprint density at radius 2 is 1.53 bits per heavy atom. The van der Waals surface area contributed by atoms with E-state index < -0.39 is 47.9 Å². The van der Waals surface area contributed by atoms with Gasteiger partial charge in [0.2, 0.25) is 11.8 Å². The largest absolute Gasteiger partial charge is 0.449 e. The molecule has 13 heteroatoms. The zero-order valence-corrected chi connectivity index (χ0v) is 36.7. The molecule has 2 fully saturated rings. The van der Waals surface area contributed by atoms with Gasteiger partial charge < -0.3 is 25.0 Å². The molecule has 4 atom stereocenters. The third-order valence-electron chi connectivity index (χ3n) is 12.5. The number of hydrogen-bond acceptors (Lipinski definition) is 8. The van der Waals surface area contributed by atoms with Gasteiger partial charge in [0.25, 0.3) is 0 Å². The highest BCUT2D eigenvalue weighted by atomic mass is 32.1. The van der Waals surface area contributed by atoms with E-state index in [2.05, 4.69) is 34.9 Å². The first-order valence-corrected chi connectivity index (χ1v) is 22.5. The molecule has 4 aromatic carbocycles. The molecule has 62 heavy (non-hydrogen) atoms. The number of nitrogens with zero attached hydrogens (tertiary/aromatic N) is 3. The fourth-order valence-electron chi connectivity index (χ4n) is 9.24. The Balaban J connectivity index is 1.06. The van der Waals surface area contributed by atoms with Crippen molar-refractivity contribution in [2.45, 2.75) is 102 Å². The number of hydrogen-bond donors (Lipinski definition) is 2. The number of nitrogens with one attached hydrogen (secondary N) is 2. The van der Waals surface area contributed by atoms with E-state index in [4.69, 9.17) is 14.5 Å². The van der Waals surface area contributed by atoms with Crippen molar-refractivity contribution in [3.63, 3.8) is 0 Å². The fraction of sp³-hybridized carbons (Fsp3) is 0.408. The van der Waals surface area contributed by atoms with E-state index in [1.54, 1.807) is 50.8 Å². The molecule has 1 aliphatic heterocycles. The van der Waals surface area contributed by atoms with Crippen LogP contribution in [-0.2, 0) is 19.1 Å². The topological polar surface area (TPSA) is 130 Å². The third kappa shape index (κ3) is 8.90. The second-order valence-electron chi connectivity index (χ2n) is 17.8. The minimum atomic E-state index is -0.923. The Morgan fingerprint density at radius 3 is 2.21 bits per heavy atom. The van der Waals surface area contributed by atoms with Crippen LogP contribution in [0.15, 0.2) is 90.3 Å². The van der Waals surface area contributed by atoms with Crippen molar-refractivity contribution >= 4 is 46.1 Å². The number of rotatable bonds is 10. The van der Waals surface area contributed by atoms with Crippen LogP contribution in [0.1, 0.15) is 94.3 Å². The van der Waals surface area contributed by atoms with Crippen molar-refractivity contribution in [2.75, 3.05) is 20.2 Å². The zero-order chi connectivity index (χ0) is 43.7. The van der Waals surface area contributed by atoms with Gasteiger partial charge in [0.1, 0.15) is 35.1 Å². The van der Waals surface area contributed by atoms with Gasteiger partial charge in [-0.2, -0.15) is 0 Å². The number of likely N-dealkylation sites (tertiary alicyclic amines) is 1. The minimum absolute atomic E-state index is 0.115. The van der Waals surface area contributed by atoms with Gasteiger partial charge in [0, 0.05) is 35.8 Å². The van der Waals surface area contributed by atoms with E-state index >= 15 is 4.79 Å². The molecule has 0 radical (unpaired) electrons. The number of fused-ring (bicyclic) bond motifs is 4. The lowest BCUT2D eigenvalue weighted by Gasteiger charge is -2.36. The van der Waals surface area contributed by atoms with E-state index in [-0.39, 0.29) is 36.7 Å². The summed E-state index contributed by atoms with van der Waals surface area (Å²) in [6.45, 7) is 7.20. The first kappa shape index (κ1) is 42.9. The summed E-state index contributed by atoms with van der Waals surface area (Å²) in [4.78, 5) is 63.8. The van der Waals surface area contributed by atoms with E-state index in [0.717, 1.165) is 65.3 Å². The highest BCUT2D eigenvalue weighted by Crippen LogP contribution is 2.45. The van der Waals surface area contributed by atoms with Crippen LogP contribution < -0.4 is 10.6 Å². The second kappa shape index (κ2) is 17.9. The first-order chi connectivity index (χ1) is 29.8. The Kier molecular flexibility index (Phi) is 12.4. The Morgan fingerprint density at radius 1 is 0.887 bits per heavy atom. The molecule has 2 aliphatic carbocycles. The molecular weight excluding hydrogens is 806 g/mol. The molecular formula is C49H54FN5O6S. The molecule has 2 heterocycles. The number of benzene rings is 4. The monoisotopic (exact) mass is 859 g/mol. The number of thiazole rings is 1. The van der Waals surface area contributed by atoms with Crippen molar-refractivity contribution in [3.05, 3.63) is 112 Å². The van der Waals surface area contributed by atoms with E-state index in [0.29, 0.717) is 22.5 Å². The average molecular weight is 860 g/mol. The van der Waals surface area contributed by atoms with Crippen molar-refractivity contribution < 1.29 is 33.0 Å². The summed E-state index contributed by atoms with van der Waals surface area (Å²) in [5.74, 6) is -1.31. The van der Waals surface area contributed by atoms with Crippen molar-refractivity contribution in [3.8, 4) is 22.4 Å². The molecule has 11 nitrogen and oxygen atoms in total. The molecule has 0 unspecified atom stereocenters. The lowest BCUT2D eigenvalue weighted by atomic mass is 9.83. The van der Waals surface area contributed by atoms with Gasteiger partial charge in [0.15, 0.2) is 0 Å². The number of aromatic nitrogens is 1. The summed E-state index contributed by atoms with van der Waals surface area (Å²) in [5.41, 5.74) is 5.14. The second-order valence-corrected chi connectivity index (χ2v) is 18.7. The van der Waals surface area contributed by atoms with E-state index in [1.807, 2.05) is 41.8 Å². The van der Waals surface area contributed by atoms with Gasteiger partial charge in [0.05, 0.1) is 17.8 Å². The molecule has 0 bridgehead atoms. The molecule has 4 amide bonds. The number of likely N-dealkylation sites (N-methyl/N-ethyl adjacent to an activating group) is 1. The van der Waals surface area contributed by atoms with E-state index in [1.165, 1.54) is 29.4 Å². The average Bonchev–Trinajstić information content (AvgIpc) is 4.00. The van der Waals surface area contributed by atoms with Crippen LogP contribution in [0.4, 0.5) is 14.0 Å². The molecule has 324 valence electrons. The summed E-state index contributed by atoms with van der Waals surface area (Å²) in [5, 5.41) is 9.92.